The molecule has 174 valence electrons. The molecule has 0 saturated carbocycles. The van der Waals surface area contributed by atoms with Crippen LogP contribution >= 0.6 is 0 Å². The molecule has 0 fully saturated rings. The standard InChI is InChI=1S/C25H31N5O3/c1-5-29(6-2)25(33)18-10-9-11-19(14-18)26-23(31)16-30(17(3)4)15-22-27-21-13-8-7-12-20(21)24(32)28-22/h7-14,17H,5-6,15-16H2,1-4H3,(H,26,31)(H,27,28,32). The van der Waals surface area contributed by atoms with Crippen LogP contribution in [0.5, 0.6) is 0 Å². The number of carbonyl (C=O) groups is 2. The Labute approximate surface area is 193 Å². The van der Waals surface area contributed by atoms with E-state index in [0.717, 1.165) is 0 Å². The third-order valence-corrected chi connectivity index (χ3v) is 5.54. The van der Waals surface area contributed by atoms with Gasteiger partial charge in [0.15, 0.2) is 0 Å². The summed E-state index contributed by atoms with van der Waals surface area (Å²) in [5, 5.41) is 3.42. The lowest BCUT2D eigenvalue weighted by Crippen LogP contribution is -2.38. The van der Waals surface area contributed by atoms with Crippen molar-refractivity contribution in [3.63, 3.8) is 0 Å². The number of para-hydroxylation sites is 1. The van der Waals surface area contributed by atoms with E-state index in [9.17, 15) is 14.4 Å². The SMILES string of the molecule is CCN(CC)C(=O)c1cccc(NC(=O)CN(Cc2nc3ccccc3c(=O)[nH]2)C(C)C)c1. The molecule has 1 aromatic heterocycles. The van der Waals surface area contributed by atoms with Crippen LogP contribution in [-0.4, -0.2) is 57.3 Å². The Morgan fingerprint density at radius 1 is 1.06 bits per heavy atom. The molecular formula is C25H31N5O3. The van der Waals surface area contributed by atoms with E-state index in [0.29, 0.717) is 47.6 Å². The van der Waals surface area contributed by atoms with Gasteiger partial charge in [-0.05, 0) is 58.0 Å². The fourth-order valence-electron chi connectivity index (χ4n) is 3.63. The van der Waals surface area contributed by atoms with E-state index in [4.69, 9.17) is 0 Å². The van der Waals surface area contributed by atoms with Crippen molar-refractivity contribution < 1.29 is 9.59 Å². The van der Waals surface area contributed by atoms with Crippen LogP contribution in [-0.2, 0) is 11.3 Å². The van der Waals surface area contributed by atoms with E-state index in [2.05, 4.69) is 15.3 Å². The highest BCUT2D eigenvalue weighted by atomic mass is 16.2. The summed E-state index contributed by atoms with van der Waals surface area (Å²) in [4.78, 5) is 48.8. The molecule has 0 spiro atoms. The van der Waals surface area contributed by atoms with Gasteiger partial charge in [0.1, 0.15) is 5.82 Å². The van der Waals surface area contributed by atoms with Gasteiger partial charge in [0.05, 0.1) is 24.0 Å². The number of hydrogen-bond donors (Lipinski definition) is 2. The lowest BCUT2D eigenvalue weighted by molar-refractivity contribution is -0.117. The zero-order chi connectivity index (χ0) is 24.0. The Morgan fingerprint density at radius 3 is 2.48 bits per heavy atom. The first-order valence-corrected chi connectivity index (χ1v) is 11.2. The van der Waals surface area contributed by atoms with Crippen molar-refractivity contribution in [3.05, 3.63) is 70.3 Å². The summed E-state index contributed by atoms with van der Waals surface area (Å²) in [6.45, 7) is 9.52. The number of amides is 2. The molecular weight excluding hydrogens is 418 g/mol. The average Bonchev–Trinajstić information content (AvgIpc) is 2.79. The smallest absolute Gasteiger partial charge is 0.258 e. The molecule has 33 heavy (non-hydrogen) atoms. The third-order valence-electron chi connectivity index (χ3n) is 5.54. The summed E-state index contributed by atoms with van der Waals surface area (Å²) < 4.78 is 0. The van der Waals surface area contributed by atoms with Crippen LogP contribution in [0.15, 0.2) is 53.3 Å². The van der Waals surface area contributed by atoms with Gasteiger partial charge in [-0.15, -0.1) is 0 Å². The molecule has 2 amide bonds. The van der Waals surface area contributed by atoms with Crippen molar-refractivity contribution in [2.75, 3.05) is 25.0 Å². The summed E-state index contributed by atoms with van der Waals surface area (Å²) in [5.74, 6) is 0.234. The molecule has 0 unspecified atom stereocenters. The summed E-state index contributed by atoms with van der Waals surface area (Å²) in [7, 11) is 0. The van der Waals surface area contributed by atoms with Crippen LogP contribution in [0.2, 0.25) is 0 Å². The summed E-state index contributed by atoms with van der Waals surface area (Å²) in [6.07, 6.45) is 0. The summed E-state index contributed by atoms with van der Waals surface area (Å²) in [5.41, 5.74) is 1.53. The van der Waals surface area contributed by atoms with E-state index in [1.54, 1.807) is 47.4 Å². The van der Waals surface area contributed by atoms with Gasteiger partial charge in [-0.3, -0.25) is 19.3 Å². The van der Waals surface area contributed by atoms with Crippen molar-refractivity contribution in [1.29, 1.82) is 0 Å². The van der Waals surface area contributed by atoms with Crippen LogP contribution in [0.1, 0.15) is 43.9 Å². The molecule has 2 aromatic carbocycles. The first kappa shape index (κ1) is 24.1. The van der Waals surface area contributed by atoms with Crippen LogP contribution < -0.4 is 10.9 Å². The molecule has 3 rings (SSSR count). The van der Waals surface area contributed by atoms with Crippen molar-refractivity contribution >= 4 is 28.4 Å². The van der Waals surface area contributed by atoms with Crippen LogP contribution in [0.3, 0.4) is 0 Å². The number of aromatic nitrogens is 2. The van der Waals surface area contributed by atoms with Crippen LogP contribution in [0.4, 0.5) is 5.69 Å². The number of anilines is 1. The van der Waals surface area contributed by atoms with E-state index < -0.39 is 0 Å². The van der Waals surface area contributed by atoms with Gasteiger partial charge in [-0.25, -0.2) is 4.98 Å². The van der Waals surface area contributed by atoms with E-state index in [-0.39, 0.29) is 30.0 Å². The Hall–Kier alpha value is -3.52. The topological polar surface area (TPSA) is 98.4 Å². The fraction of sp³-hybridized carbons (Fsp3) is 0.360. The first-order chi connectivity index (χ1) is 15.8. The maximum absolute atomic E-state index is 12.8. The molecule has 0 radical (unpaired) electrons. The molecule has 8 nitrogen and oxygen atoms in total. The van der Waals surface area contributed by atoms with Crippen molar-refractivity contribution in [1.82, 2.24) is 19.8 Å². The number of aromatic amines is 1. The molecule has 0 aliphatic rings. The maximum Gasteiger partial charge on any atom is 0.258 e. The number of hydrogen-bond acceptors (Lipinski definition) is 5. The van der Waals surface area contributed by atoms with Crippen LogP contribution in [0, 0.1) is 0 Å². The normalized spacial score (nSPS) is 11.2. The van der Waals surface area contributed by atoms with E-state index in [1.165, 1.54) is 0 Å². The van der Waals surface area contributed by atoms with Gasteiger partial charge >= 0.3 is 0 Å². The molecule has 3 aromatic rings. The van der Waals surface area contributed by atoms with Crippen molar-refractivity contribution in [2.45, 2.75) is 40.3 Å². The Kier molecular flexibility index (Phi) is 7.95. The predicted molar refractivity (Wildman–Crippen MR) is 130 cm³/mol. The van der Waals surface area contributed by atoms with E-state index in [1.807, 2.05) is 38.7 Å². The third kappa shape index (κ3) is 6.04. The molecule has 0 atom stereocenters. The van der Waals surface area contributed by atoms with Gasteiger partial charge < -0.3 is 15.2 Å². The Bertz CT molecular complexity index is 1180. The monoisotopic (exact) mass is 449 g/mol. The van der Waals surface area contributed by atoms with Crippen molar-refractivity contribution in [2.24, 2.45) is 0 Å². The predicted octanol–water partition coefficient (Wildman–Crippen LogP) is 3.25. The second-order valence-corrected chi connectivity index (χ2v) is 8.13. The lowest BCUT2D eigenvalue weighted by Gasteiger charge is -2.25. The second-order valence-electron chi connectivity index (χ2n) is 8.13. The summed E-state index contributed by atoms with van der Waals surface area (Å²) in [6, 6.07) is 14.2. The molecule has 2 N–H and O–H groups in total. The number of carbonyl (C=O) groups excluding carboxylic acids is 2. The Balaban J connectivity index is 1.71. The highest BCUT2D eigenvalue weighted by Gasteiger charge is 2.18. The number of benzene rings is 2. The number of nitrogens with zero attached hydrogens (tertiary/aromatic N) is 3. The molecule has 0 aliphatic heterocycles. The van der Waals surface area contributed by atoms with Gasteiger partial charge in [0, 0.05) is 30.4 Å². The molecule has 0 bridgehead atoms. The van der Waals surface area contributed by atoms with Gasteiger partial charge in [0.2, 0.25) is 5.91 Å². The Morgan fingerprint density at radius 2 is 1.79 bits per heavy atom. The summed E-state index contributed by atoms with van der Waals surface area (Å²) >= 11 is 0. The number of rotatable bonds is 9. The van der Waals surface area contributed by atoms with Gasteiger partial charge in [-0.1, -0.05) is 18.2 Å². The second kappa shape index (κ2) is 10.9. The minimum absolute atomic E-state index is 0.0445. The van der Waals surface area contributed by atoms with Gasteiger partial charge in [0.25, 0.3) is 11.5 Å². The quantitative estimate of drug-likeness (QED) is 0.523. The van der Waals surface area contributed by atoms with Crippen LogP contribution in [0.25, 0.3) is 10.9 Å². The minimum atomic E-state index is -0.209. The number of nitrogens with one attached hydrogen (secondary N) is 2. The number of H-pyrrole nitrogens is 1. The highest BCUT2D eigenvalue weighted by Crippen LogP contribution is 2.14. The van der Waals surface area contributed by atoms with Gasteiger partial charge in [-0.2, -0.15) is 0 Å². The van der Waals surface area contributed by atoms with Crippen molar-refractivity contribution in [3.8, 4) is 0 Å². The molecule has 8 heteroatoms. The lowest BCUT2D eigenvalue weighted by atomic mass is 10.1. The number of fused-ring (bicyclic) bond motifs is 1. The zero-order valence-corrected chi connectivity index (χ0v) is 19.6. The average molecular weight is 450 g/mol. The first-order valence-electron chi connectivity index (χ1n) is 11.2. The fourth-order valence-corrected chi connectivity index (χ4v) is 3.63. The van der Waals surface area contributed by atoms with E-state index >= 15 is 0 Å². The minimum Gasteiger partial charge on any atom is -0.339 e. The highest BCUT2D eigenvalue weighted by molar-refractivity contribution is 5.97. The molecule has 0 saturated heterocycles. The zero-order valence-electron chi connectivity index (χ0n) is 19.6. The largest absolute Gasteiger partial charge is 0.339 e. The molecule has 1 heterocycles. The molecule has 0 aliphatic carbocycles. The maximum atomic E-state index is 12.8.